The first-order chi connectivity index (χ1) is 11.7. The van der Waals surface area contributed by atoms with Gasteiger partial charge < -0.3 is 10.1 Å². The summed E-state index contributed by atoms with van der Waals surface area (Å²) in [5.74, 6) is 0.685. The number of rotatable bonds is 5. The van der Waals surface area contributed by atoms with E-state index in [-0.39, 0.29) is 23.4 Å². The highest BCUT2D eigenvalue weighted by Crippen LogP contribution is 2.35. The van der Waals surface area contributed by atoms with Crippen LogP contribution in [0.2, 0.25) is 0 Å². The van der Waals surface area contributed by atoms with Crippen molar-refractivity contribution in [2.45, 2.75) is 44.6 Å². The quantitative estimate of drug-likeness (QED) is 0.499. The standard InChI is InChI=1S/C17H20N4O3/c22-21(23)15-16(20-13-8-4-1-2-5-9-13)18-12-19-17(15)24-14-10-6-3-7-11-14/h3,6-7,10-13H,1-2,4-5,8-9H2,(H,18,19,20). The Kier molecular flexibility index (Phi) is 5.20. The van der Waals surface area contributed by atoms with Crippen molar-refractivity contribution in [3.63, 3.8) is 0 Å². The summed E-state index contributed by atoms with van der Waals surface area (Å²) in [7, 11) is 0. The average molecular weight is 328 g/mol. The summed E-state index contributed by atoms with van der Waals surface area (Å²) in [6, 6.07) is 9.10. The van der Waals surface area contributed by atoms with E-state index >= 15 is 0 Å². The molecule has 126 valence electrons. The van der Waals surface area contributed by atoms with Crippen molar-refractivity contribution in [2.75, 3.05) is 5.32 Å². The van der Waals surface area contributed by atoms with Crippen LogP contribution in [0.1, 0.15) is 38.5 Å². The molecule has 0 spiro atoms. The second kappa shape index (κ2) is 7.72. The predicted molar refractivity (Wildman–Crippen MR) is 90.3 cm³/mol. The smallest absolute Gasteiger partial charge is 0.373 e. The lowest BCUT2D eigenvalue weighted by Crippen LogP contribution is -2.20. The second-order valence-corrected chi connectivity index (χ2v) is 5.88. The fourth-order valence-electron chi connectivity index (χ4n) is 2.92. The van der Waals surface area contributed by atoms with Gasteiger partial charge in [-0.05, 0) is 25.0 Å². The van der Waals surface area contributed by atoms with E-state index < -0.39 is 4.92 Å². The summed E-state index contributed by atoms with van der Waals surface area (Å²) in [4.78, 5) is 19.1. The van der Waals surface area contributed by atoms with Crippen molar-refractivity contribution < 1.29 is 9.66 Å². The fourth-order valence-corrected chi connectivity index (χ4v) is 2.92. The molecular formula is C17H20N4O3. The molecule has 1 saturated carbocycles. The first-order valence-electron chi connectivity index (χ1n) is 8.23. The van der Waals surface area contributed by atoms with Crippen LogP contribution in [0.25, 0.3) is 0 Å². The number of para-hydroxylation sites is 1. The summed E-state index contributed by atoms with van der Waals surface area (Å²) in [6.07, 6.45) is 7.98. The number of nitrogens with one attached hydrogen (secondary N) is 1. The van der Waals surface area contributed by atoms with Crippen LogP contribution in [0.3, 0.4) is 0 Å². The number of anilines is 1. The van der Waals surface area contributed by atoms with Gasteiger partial charge in [-0.15, -0.1) is 0 Å². The van der Waals surface area contributed by atoms with Gasteiger partial charge in [-0.1, -0.05) is 43.9 Å². The van der Waals surface area contributed by atoms with Gasteiger partial charge in [-0.3, -0.25) is 10.1 Å². The molecule has 0 saturated heterocycles. The van der Waals surface area contributed by atoms with E-state index in [2.05, 4.69) is 15.3 Å². The van der Waals surface area contributed by atoms with Crippen molar-refractivity contribution >= 4 is 11.5 Å². The Hall–Kier alpha value is -2.70. The largest absolute Gasteiger partial charge is 0.434 e. The molecule has 0 bridgehead atoms. The van der Waals surface area contributed by atoms with E-state index in [9.17, 15) is 10.1 Å². The minimum Gasteiger partial charge on any atom is -0.434 e. The highest BCUT2D eigenvalue weighted by Gasteiger charge is 2.26. The third-order valence-corrected chi connectivity index (χ3v) is 4.13. The molecular weight excluding hydrogens is 308 g/mol. The second-order valence-electron chi connectivity index (χ2n) is 5.88. The number of ether oxygens (including phenoxy) is 1. The normalized spacial score (nSPS) is 15.5. The molecule has 1 N–H and O–H groups in total. The molecule has 1 fully saturated rings. The molecule has 3 rings (SSSR count). The highest BCUT2D eigenvalue weighted by molar-refractivity contribution is 5.62. The Morgan fingerprint density at radius 3 is 2.46 bits per heavy atom. The molecule has 1 aromatic carbocycles. The van der Waals surface area contributed by atoms with Crippen molar-refractivity contribution in [3.05, 3.63) is 46.8 Å². The van der Waals surface area contributed by atoms with Crippen molar-refractivity contribution in [3.8, 4) is 11.6 Å². The summed E-state index contributed by atoms with van der Waals surface area (Å²) in [6.45, 7) is 0. The zero-order chi connectivity index (χ0) is 16.8. The van der Waals surface area contributed by atoms with Gasteiger partial charge in [0.25, 0.3) is 0 Å². The first kappa shape index (κ1) is 16.2. The SMILES string of the molecule is O=[N+]([O-])c1c(NC2CCCCCC2)ncnc1Oc1ccccc1. The van der Waals surface area contributed by atoms with E-state index in [1.54, 1.807) is 24.3 Å². The molecule has 0 amide bonds. The lowest BCUT2D eigenvalue weighted by atomic mass is 10.1. The van der Waals surface area contributed by atoms with E-state index in [1.165, 1.54) is 19.2 Å². The van der Waals surface area contributed by atoms with Crippen LogP contribution in [0.15, 0.2) is 36.7 Å². The summed E-state index contributed by atoms with van der Waals surface area (Å²) in [5.41, 5.74) is -0.217. The van der Waals surface area contributed by atoms with Crippen molar-refractivity contribution in [1.29, 1.82) is 0 Å². The van der Waals surface area contributed by atoms with E-state index in [1.807, 2.05) is 6.07 Å². The number of hydrogen-bond donors (Lipinski definition) is 1. The zero-order valence-corrected chi connectivity index (χ0v) is 13.4. The van der Waals surface area contributed by atoms with Gasteiger partial charge in [0.2, 0.25) is 5.82 Å². The molecule has 7 heteroatoms. The van der Waals surface area contributed by atoms with Crippen LogP contribution in [-0.2, 0) is 0 Å². The maximum absolute atomic E-state index is 11.5. The summed E-state index contributed by atoms with van der Waals surface area (Å²) < 4.78 is 5.59. The van der Waals surface area contributed by atoms with Crippen LogP contribution in [0.5, 0.6) is 11.6 Å². The van der Waals surface area contributed by atoms with Crippen molar-refractivity contribution in [2.24, 2.45) is 0 Å². The van der Waals surface area contributed by atoms with Crippen LogP contribution in [-0.4, -0.2) is 20.9 Å². The predicted octanol–water partition coefficient (Wildman–Crippen LogP) is 4.31. The number of aromatic nitrogens is 2. The number of benzene rings is 1. The topological polar surface area (TPSA) is 90.2 Å². The molecule has 2 aromatic rings. The average Bonchev–Trinajstić information content (AvgIpc) is 2.84. The third kappa shape index (κ3) is 3.98. The maximum Gasteiger partial charge on any atom is 0.373 e. The highest BCUT2D eigenvalue weighted by atomic mass is 16.6. The zero-order valence-electron chi connectivity index (χ0n) is 13.4. The number of nitrogens with zero attached hydrogens (tertiary/aromatic N) is 3. The van der Waals surface area contributed by atoms with Crippen LogP contribution < -0.4 is 10.1 Å². The van der Waals surface area contributed by atoms with Crippen LogP contribution >= 0.6 is 0 Å². The molecule has 1 heterocycles. The molecule has 24 heavy (non-hydrogen) atoms. The van der Waals surface area contributed by atoms with Gasteiger partial charge in [0.05, 0.1) is 4.92 Å². The molecule has 1 aliphatic carbocycles. The Labute approximate surface area is 140 Å². The summed E-state index contributed by atoms with van der Waals surface area (Å²) >= 11 is 0. The molecule has 0 radical (unpaired) electrons. The van der Waals surface area contributed by atoms with Gasteiger partial charge in [0.1, 0.15) is 12.1 Å². The lowest BCUT2D eigenvalue weighted by Gasteiger charge is -2.17. The lowest BCUT2D eigenvalue weighted by molar-refractivity contribution is -0.385. The Bertz CT molecular complexity index is 685. The van der Waals surface area contributed by atoms with Crippen molar-refractivity contribution in [1.82, 2.24) is 9.97 Å². The number of nitro groups is 1. The minimum absolute atomic E-state index is 0.0441. The summed E-state index contributed by atoms with van der Waals surface area (Å²) in [5, 5.41) is 14.8. The van der Waals surface area contributed by atoms with Crippen LogP contribution in [0.4, 0.5) is 11.5 Å². The van der Waals surface area contributed by atoms with Gasteiger partial charge in [-0.2, -0.15) is 4.98 Å². The van der Waals surface area contributed by atoms with Gasteiger partial charge in [0.15, 0.2) is 0 Å². The molecule has 1 aliphatic rings. The molecule has 1 aromatic heterocycles. The Balaban J connectivity index is 1.86. The minimum atomic E-state index is -0.489. The molecule has 0 atom stereocenters. The molecule has 7 nitrogen and oxygen atoms in total. The number of hydrogen-bond acceptors (Lipinski definition) is 6. The maximum atomic E-state index is 11.5. The molecule has 0 aliphatic heterocycles. The monoisotopic (exact) mass is 328 g/mol. The van der Waals surface area contributed by atoms with E-state index in [0.29, 0.717) is 5.75 Å². The van der Waals surface area contributed by atoms with E-state index in [4.69, 9.17) is 4.74 Å². The van der Waals surface area contributed by atoms with Gasteiger partial charge in [0, 0.05) is 6.04 Å². The molecule has 0 unspecified atom stereocenters. The third-order valence-electron chi connectivity index (χ3n) is 4.13. The van der Waals surface area contributed by atoms with Crippen LogP contribution in [0, 0.1) is 10.1 Å². The van der Waals surface area contributed by atoms with Gasteiger partial charge in [-0.25, -0.2) is 4.98 Å². The van der Waals surface area contributed by atoms with Gasteiger partial charge >= 0.3 is 11.6 Å². The Morgan fingerprint density at radius 1 is 1.08 bits per heavy atom. The first-order valence-corrected chi connectivity index (χ1v) is 8.23. The van der Waals surface area contributed by atoms with E-state index in [0.717, 1.165) is 25.7 Å². The Morgan fingerprint density at radius 2 is 1.79 bits per heavy atom. The fraction of sp³-hybridized carbons (Fsp3) is 0.412.